The highest BCUT2D eigenvalue weighted by Crippen LogP contribution is 2.33. The second-order valence-electron chi connectivity index (χ2n) is 5.61. The average molecular weight is 356 g/mol. The second-order valence-corrected chi connectivity index (χ2v) is 6.55. The van der Waals surface area contributed by atoms with Gasteiger partial charge in [0.15, 0.2) is 5.16 Å². The topological polar surface area (TPSA) is 76.8 Å². The van der Waals surface area contributed by atoms with Gasteiger partial charge in [-0.25, -0.2) is 9.99 Å². The zero-order chi connectivity index (χ0) is 17.2. The first kappa shape index (κ1) is 15.8. The highest BCUT2D eigenvalue weighted by molar-refractivity contribution is 7.99. The fraction of sp³-hybridized carbons (Fsp3) is 0.235. The van der Waals surface area contributed by atoms with E-state index in [1.165, 1.54) is 16.8 Å². The van der Waals surface area contributed by atoms with Crippen LogP contribution in [-0.4, -0.2) is 31.9 Å². The van der Waals surface area contributed by atoms with Gasteiger partial charge in [-0.1, -0.05) is 11.8 Å². The van der Waals surface area contributed by atoms with Crippen LogP contribution < -0.4 is 0 Å². The Labute approximate surface area is 148 Å². The third-order valence-electron chi connectivity index (χ3n) is 3.94. The minimum Gasteiger partial charge on any atom is -0.467 e. The molecule has 0 spiro atoms. The number of hydrogen-bond donors (Lipinski definition) is 0. The summed E-state index contributed by atoms with van der Waals surface area (Å²) in [6.07, 6.45) is 7.31. The fourth-order valence-electron chi connectivity index (χ4n) is 2.72. The number of aryl methyl sites for hydroxylation is 1. The Morgan fingerprint density at radius 1 is 1.32 bits per heavy atom. The highest BCUT2D eigenvalue weighted by Gasteiger charge is 2.35. The molecule has 0 saturated heterocycles. The molecule has 0 saturated carbocycles. The quantitative estimate of drug-likeness (QED) is 0.657. The number of aromatic nitrogens is 2. The smallest absolute Gasteiger partial charge is 0.253 e. The summed E-state index contributed by atoms with van der Waals surface area (Å²) >= 11 is 1.38. The number of hydrogen-bond acceptors (Lipinski definition) is 6. The Balaban J connectivity index is 1.55. The third kappa shape index (κ3) is 3.12. The van der Waals surface area contributed by atoms with Gasteiger partial charge in [-0.2, -0.15) is 5.10 Å². The molecule has 25 heavy (non-hydrogen) atoms. The van der Waals surface area contributed by atoms with E-state index in [0.717, 1.165) is 10.9 Å². The molecule has 0 bridgehead atoms. The zero-order valence-electron chi connectivity index (χ0n) is 13.5. The van der Waals surface area contributed by atoms with E-state index in [1.54, 1.807) is 24.8 Å². The van der Waals surface area contributed by atoms with Gasteiger partial charge in [-0.05, 0) is 24.3 Å². The van der Waals surface area contributed by atoms with E-state index in [2.05, 4.69) is 10.1 Å². The number of imidazole rings is 1. The Bertz CT molecular complexity index is 883. The fourth-order valence-corrected chi connectivity index (χ4v) is 3.50. The van der Waals surface area contributed by atoms with Gasteiger partial charge in [0.2, 0.25) is 0 Å². The first-order valence-electron chi connectivity index (χ1n) is 7.79. The summed E-state index contributed by atoms with van der Waals surface area (Å²) < 4.78 is 12.8. The molecule has 4 rings (SSSR count). The van der Waals surface area contributed by atoms with Crippen LogP contribution in [0, 0.1) is 0 Å². The maximum Gasteiger partial charge on any atom is 0.253 e. The monoisotopic (exact) mass is 356 g/mol. The molecule has 3 aromatic heterocycles. The Morgan fingerprint density at radius 3 is 2.84 bits per heavy atom. The van der Waals surface area contributed by atoms with E-state index in [-0.39, 0.29) is 17.7 Å². The molecular weight excluding hydrogens is 340 g/mol. The lowest BCUT2D eigenvalue weighted by Gasteiger charge is -2.19. The number of carbonyl (C=O) groups is 1. The van der Waals surface area contributed by atoms with E-state index in [4.69, 9.17) is 8.83 Å². The first-order valence-corrected chi connectivity index (χ1v) is 8.78. The summed E-state index contributed by atoms with van der Waals surface area (Å²) in [5, 5.41) is 6.78. The second kappa shape index (κ2) is 6.64. The largest absolute Gasteiger partial charge is 0.467 e. The van der Waals surface area contributed by atoms with Gasteiger partial charge in [0.05, 0.1) is 18.3 Å². The van der Waals surface area contributed by atoms with Crippen molar-refractivity contribution in [3.63, 3.8) is 0 Å². The standard InChI is InChI=1S/C17H16N4O3S/c1-20-7-6-18-17(20)25-11-16(22)21-13(15-5-3-9-24-15)10-12(19-21)14-4-2-8-23-14/h2-9,13H,10-11H2,1H3. The van der Waals surface area contributed by atoms with Crippen LogP contribution >= 0.6 is 11.8 Å². The van der Waals surface area contributed by atoms with Crippen LogP contribution in [0.5, 0.6) is 0 Å². The van der Waals surface area contributed by atoms with Crippen molar-refractivity contribution in [2.75, 3.05) is 5.75 Å². The molecule has 8 heteroatoms. The van der Waals surface area contributed by atoms with Crippen LogP contribution in [0.3, 0.4) is 0 Å². The summed E-state index contributed by atoms with van der Waals surface area (Å²) in [7, 11) is 1.90. The van der Waals surface area contributed by atoms with Crippen LogP contribution in [0.4, 0.5) is 0 Å². The molecule has 4 heterocycles. The summed E-state index contributed by atoms with van der Waals surface area (Å²) in [4.78, 5) is 17.0. The Hall–Kier alpha value is -2.74. The van der Waals surface area contributed by atoms with Gasteiger partial charge >= 0.3 is 0 Å². The number of carbonyl (C=O) groups excluding carboxylic acids is 1. The number of rotatable bonds is 5. The lowest BCUT2D eigenvalue weighted by atomic mass is 10.1. The van der Waals surface area contributed by atoms with E-state index in [0.29, 0.717) is 17.9 Å². The van der Waals surface area contributed by atoms with Gasteiger partial charge in [-0.15, -0.1) is 0 Å². The minimum absolute atomic E-state index is 0.101. The number of amides is 1. The molecule has 1 aliphatic heterocycles. The molecule has 1 unspecified atom stereocenters. The number of hydrazone groups is 1. The van der Waals surface area contributed by atoms with Crippen molar-refractivity contribution < 1.29 is 13.6 Å². The molecule has 1 amide bonds. The maximum absolute atomic E-state index is 12.8. The third-order valence-corrected chi connectivity index (χ3v) is 4.99. The van der Waals surface area contributed by atoms with Crippen molar-refractivity contribution in [3.05, 3.63) is 60.7 Å². The van der Waals surface area contributed by atoms with Gasteiger partial charge in [-0.3, -0.25) is 4.79 Å². The summed E-state index contributed by atoms with van der Waals surface area (Å²) in [6, 6.07) is 7.06. The lowest BCUT2D eigenvalue weighted by molar-refractivity contribution is -0.130. The van der Waals surface area contributed by atoms with Crippen LogP contribution in [0.2, 0.25) is 0 Å². The summed E-state index contributed by atoms with van der Waals surface area (Å²) in [5.41, 5.74) is 0.738. The van der Waals surface area contributed by atoms with Gasteiger partial charge < -0.3 is 13.4 Å². The Kier molecular flexibility index (Phi) is 4.19. The molecule has 3 aromatic rings. The molecule has 0 aromatic carbocycles. The normalized spacial score (nSPS) is 17.1. The van der Waals surface area contributed by atoms with Crippen molar-refractivity contribution in [2.24, 2.45) is 12.1 Å². The van der Waals surface area contributed by atoms with E-state index >= 15 is 0 Å². The molecule has 0 aliphatic carbocycles. The predicted molar refractivity (Wildman–Crippen MR) is 92.1 cm³/mol. The molecule has 1 atom stereocenters. The average Bonchev–Trinajstić information content (AvgIpc) is 3.38. The highest BCUT2D eigenvalue weighted by atomic mass is 32.2. The van der Waals surface area contributed by atoms with Crippen LogP contribution in [0.1, 0.15) is 24.0 Å². The van der Waals surface area contributed by atoms with Crippen LogP contribution in [-0.2, 0) is 11.8 Å². The molecule has 128 valence electrons. The predicted octanol–water partition coefficient (Wildman–Crippen LogP) is 3.08. The van der Waals surface area contributed by atoms with Crippen LogP contribution in [0.25, 0.3) is 0 Å². The van der Waals surface area contributed by atoms with Crippen molar-refractivity contribution >= 4 is 23.4 Å². The molecule has 0 N–H and O–H groups in total. The van der Waals surface area contributed by atoms with Gasteiger partial charge in [0.25, 0.3) is 5.91 Å². The lowest BCUT2D eigenvalue weighted by Crippen LogP contribution is -2.28. The van der Waals surface area contributed by atoms with E-state index in [9.17, 15) is 4.79 Å². The van der Waals surface area contributed by atoms with Crippen molar-refractivity contribution in [3.8, 4) is 0 Å². The molecule has 1 aliphatic rings. The SMILES string of the molecule is Cn1ccnc1SCC(=O)N1N=C(c2ccco2)CC1c1ccco1. The van der Waals surface area contributed by atoms with Crippen molar-refractivity contribution in [1.82, 2.24) is 14.6 Å². The summed E-state index contributed by atoms with van der Waals surface area (Å²) in [6.45, 7) is 0. The van der Waals surface area contributed by atoms with Gasteiger partial charge in [0.1, 0.15) is 23.3 Å². The maximum atomic E-state index is 12.8. The molecule has 0 radical (unpaired) electrons. The zero-order valence-corrected chi connectivity index (χ0v) is 14.3. The summed E-state index contributed by atoms with van der Waals surface area (Å²) in [5.74, 6) is 1.52. The number of nitrogens with zero attached hydrogens (tertiary/aromatic N) is 4. The van der Waals surface area contributed by atoms with Crippen molar-refractivity contribution in [2.45, 2.75) is 17.6 Å². The molecule has 7 nitrogen and oxygen atoms in total. The molecular formula is C17H16N4O3S. The van der Waals surface area contributed by atoms with Crippen molar-refractivity contribution in [1.29, 1.82) is 0 Å². The van der Waals surface area contributed by atoms with E-state index < -0.39 is 0 Å². The van der Waals surface area contributed by atoms with Gasteiger partial charge in [0, 0.05) is 25.9 Å². The number of thioether (sulfide) groups is 1. The number of furan rings is 2. The van der Waals surface area contributed by atoms with E-state index in [1.807, 2.05) is 36.0 Å². The minimum atomic E-state index is -0.260. The first-order chi connectivity index (χ1) is 12.2. The Morgan fingerprint density at radius 2 is 2.16 bits per heavy atom. The van der Waals surface area contributed by atoms with Crippen LogP contribution in [0.15, 0.2) is 68.3 Å². The molecule has 0 fully saturated rings.